The normalized spacial score (nSPS) is 24.1. The Morgan fingerprint density at radius 3 is 2.76 bits per heavy atom. The Morgan fingerprint density at radius 1 is 1.27 bits per heavy atom. The molecule has 1 fully saturated rings. The van der Waals surface area contributed by atoms with Gasteiger partial charge in [-0.3, -0.25) is 14.2 Å². The van der Waals surface area contributed by atoms with Crippen molar-refractivity contribution in [3.8, 4) is 5.69 Å². The first-order valence-electron chi connectivity index (χ1n) is 11.4. The molecule has 3 aromatic rings. The SMILES string of the molecule is CC1CC(NC(=O)CC2CSc3nc4c(cnn4-c4ccc(F)cc4)c(=O)n32)CC(C)(C)C1. The van der Waals surface area contributed by atoms with Crippen LogP contribution in [0.1, 0.15) is 52.5 Å². The zero-order chi connectivity index (χ0) is 23.3. The maximum Gasteiger partial charge on any atom is 0.265 e. The van der Waals surface area contributed by atoms with Crippen LogP contribution in [-0.4, -0.2) is 37.0 Å². The number of hydrogen-bond donors (Lipinski definition) is 1. The Balaban J connectivity index is 1.37. The van der Waals surface area contributed by atoms with Crippen molar-refractivity contribution in [1.82, 2.24) is 24.6 Å². The first kappa shape index (κ1) is 22.1. The predicted molar refractivity (Wildman–Crippen MR) is 126 cm³/mol. The molecule has 0 saturated heterocycles. The molecule has 0 radical (unpaired) electrons. The van der Waals surface area contributed by atoms with Gasteiger partial charge in [-0.2, -0.15) is 5.10 Å². The van der Waals surface area contributed by atoms with Crippen molar-refractivity contribution in [2.75, 3.05) is 5.75 Å². The summed E-state index contributed by atoms with van der Waals surface area (Å²) in [6, 6.07) is 5.83. The minimum absolute atomic E-state index is 0.0163. The molecule has 2 aliphatic rings. The molecule has 2 aromatic heterocycles. The lowest BCUT2D eigenvalue weighted by Gasteiger charge is -2.39. The predicted octanol–water partition coefficient (Wildman–Crippen LogP) is 4.09. The number of nitrogens with one attached hydrogen (secondary N) is 1. The number of thioether (sulfide) groups is 1. The lowest BCUT2D eigenvalue weighted by atomic mass is 9.70. The number of fused-ring (bicyclic) bond motifs is 2. The average molecular weight is 470 g/mol. The largest absolute Gasteiger partial charge is 0.353 e. The van der Waals surface area contributed by atoms with Crippen LogP contribution in [0.25, 0.3) is 16.7 Å². The van der Waals surface area contributed by atoms with E-state index in [0.29, 0.717) is 33.5 Å². The summed E-state index contributed by atoms with van der Waals surface area (Å²) >= 11 is 1.47. The van der Waals surface area contributed by atoms with Gasteiger partial charge in [-0.05, 0) is 54.9 Å². The third kappa shape index (κ3) is 4.30. The quantitative estimate of drug-likeness (QED) is 0.582. The van der Waals surface area contributed by atoms with E-state index in [0.717, 1.165) is 12.8 Å². The summed E-state index contributed by atoms with van der Waals surface area (Å²) < 4.78 is 16.5. The van der Waals surface area contributed by atoms with Crippen LogP contribution in [0.4, 0.5) is 4.39 Å². The Morgan fingerprint density at radius 2 is 2.03 bits per heavy atom. The second kappa shape index (κ2) is 8.27. The van der Waals surface area contributed by atoms with E-state index >= 15 is 0 Å². The van der Waals surface area contributed by atoms with Crippen LogP contribution in [0.2, 0.25) is 0 Å². The smallest absolute Gasteiger partial charge is 0.265 e. The molecule has 1 amide bonds. The van der Waals surface area contributed by atoms with Gasteiger partial charge in [-0.15, -0.1) is 0 Å². The molecule has 3 heterocycles. The van der Waals surface area contributed by atoms with Crippen molar-refractivity contribution in [2.45, 2.75) is 63.7 Å². The van der Waals surface area contributed by atoms with E-state index < -0.39 is 0 Å². The summed E-state index contributed by atoms with van der Waals surface area (Å²) in [5.41, 5.74) is 1.10. The lowest BCUT2D eigenvalue weighted by molar-refractivity contribution is -0.123. The van der Waals surface area contributed by atoms with Gasteiger partial charge >= 0.3 is 0 Å². The Bertz CT molecular complexity index is 1270. The minimum atomic E-state index is -0.341. The van der Waals surface area contributed by atoms with Crippen LogP contribution in [0.5, 0.6) is 0 Å². The molecule has 3 unspecified atom stereocenters. The van der Waals surface area contributed by atoms with Gasteiger partial charge in [0.1, 0.15) is 11.2 Å². The number of benzene rings is 1. The Labute approximate surface area is 195 Å². The van der Waals surface area contributed by atoms with Gasteiger partial charge in [0.25, 0.3) is 5.56 Å². The lowest BCUT2D eigenvalue weighted by Crippen LogP contribution is -2.43. The average Bonchev–Trinajstić information content (AvgIpc) is 3.32. The number of aromatic nitrogens is 4. The van der Waals surface area contributed by atoms with Crippen molar-refractivity contribution < 1.29 is 9.18 Å². The van der Waals surface area contributed by atoms with E-state index in [4.69, 9.17) is 0 Å². The van der Waals surface area contributed by atoms with E-state index in [2.05, 4.69) is 36.2 Å². The molecular formula is C24H28FN5O2S. The van der Waals surface area contributed by atoms with Gasteiger partial charge in [0, 0.05) is 18.2 Å². The molecule has 3 atom stereocenters. The minimum Gasteiger partial charge on any atom is -0.353 e. The van der Waals surface area contributed by atoms with Crippen molar-refractivity contribution in [1.29, 1.82) is 0 Å². The van der Waals surface area contributed by atoms with Crippen LogP contribution < -0.4 is 10.9 Å². The molecule has 1 aliphatic heterocycles. The van der Waals surface area contributed by atoms with Crippen molar-refractivity contribution in [3.05, 3.63) is 46.6 Å². The Kier molecular flexibility index (Phi) is 5.55. The summed E-state index contributed by atoms with van der Waals surface area (Å²) in [7, 11) is 0. The zero-order valence-electron chi connectivity index (χ0n) is 19.0. The number of nitrogens with zero attached hydrogens (tertiary/aromatic N) is 4. The number of halogens is 1. The molecule has 9 heteroatoms. The summed E-state index contributed by atoms with van der Waals surface area (Å²) in [4.78, 5) is 30.9. The van der Waals surface area contributed by atoms with Gasteiger partial charge < -0.3 is 5.32 Å². The van der Waals surface area contributed by atoms with Crippen LogP contribution in [0, 0.1) is 17.2 Å². The monoisotopic (exact) mass is 469 g/mol. The van der Waals surface area contributed by atoms with Crippen LogP contribution in [-0.2, 0) is 4.79 Å². The fourth-order valence-electron chi connectivity index (χ4n) is 5.51. The molecule has 7 nitrogen and oxygen atoms in total. The number of amides is 1. The molecule has 5 rings (SSSR count). The second-order valence-electron chi connectivity index (χ2n) is 10.2. The maximum atomic E-state index is 13.3. The van der Waals surface area contributed by atoms with Crippen LogP contribution in [0.15, 0.2) is 40.4 Å². The molecule has 1 N–H and O–H groups in total. The number of carbonyl (C=O) groups is 1. The van der Waals surface area contributed by atoms with E-state index in [9.17, 15) is 14.0 Å². The van der Waals surface area contributed by atoms with Crippen LogP contribution >= 0.6 is 11.8 Å². The summed E-state index contributed by atoms with van der Waals surface area (Å²) in [5, 5.41) is 8.50. The molecule has 0 spiro atoms. The first-order valence-corrected chi connectivity index (χ1v) is 12.4. The molecule has 1 aliphatic carbocycles. The number of carbonyl (C=O) groups excluding carboxylic acids is 1. The van der Waals surface area contributed by atoms with Gasteiger partial charge in [0.15, 0.2) is 10.8 Å². The summed E-state index contributed by atoms with van der Waals surface area (Å²) in [6.45, 7) is 6.76. The summed E-state index contributed by atoms with van der Waals surface area (Å²) in [6.07, 6.45) is 4.89. The maximum absolute atomic E-state index is 13.3. The first-order chi connectivity index (χ1) is 15.7. The van der Waals surface area contributed by atoms with E-state index in [1.54, 1.807) is 21.4 Å². The molecule has 33 heavy (non-hydrogen) atoms. The standard InChI is InChI=1S/C24H28FN5O2S/c1-14-8-16(11-24(2,3)10-14)27-20(31)9-18-13-33-23-28-21-19(22(32)29(18)23)12-26-30(21)17-6-4-15(25)5-7-17/h4-7,12,14,16,18H,8-11,13H2,1-3H3,(H,27,31). The topological polar surface area (TPSA) is 81.8 Å². The van der Waals surface area contributed by atoms with Gasteiger partial charge in [0.05, 0.1) is 17.9 Å². The molecular weight excluding hydrogens is 441 g/mol. The highest BCUT2D eigenvalue weighted by atomic mass is 32.2. The van der Waals surface area contributed by atoms with E-state index in [1.165, 1.54) is 36.5 Å². The second-order valence-corrected chi connectivity index (χ2v) is 11.2. The van der Waals surface area contributed by atoms with E-state index in [-0.39, 0.29) is 41.2 Å². The third-order valence-electron chi connectivity index (χ3n) is 6.61. The van der Waals surface area contributed by atoms with Crippen molar-refractivity contribution in [3.63, 3.8) is 0 Å². The third-order valence-corrected chi connectivity index (χ3v) is 7.71. The van der Waals surface area contributed by atoms with E-state index in [1.807, 2.05) is 0 Å². The van der Waals surface area contributed by atoms with Gasteiger partial charge in [-0.1, -0.05) is 32.5 Å². The van der Waals surface area contributed by atoms with Crippen molar-refractivity contribution in [2.24, 2.45) is 11.3 Å². The van der Waals surface area contributed by atoms with Gasteiger partial charge in [-0.25, -0.2) is 14.1 Å². The highest BCUT2D eigenvalue weighted by Crippen LogP contribution is 2.39. The molecule has 174 valence electrons. The molecule has 1 aromatic carbocycles. The molecule has 1 saturated carbocycles. The fourth-order valence-corrected chi connectivity index (χ4v) is 6.64. The Hall–Kier alpha value is -2.68. The van der Waals surface area contributed by atoms with Gasteiger partial charge in [0.2, 0.25) is 5.91 Å². The fraction of sp³-hybridized carbons (Fsp3) is 0.500. The number of rotatable bonds is 4. The molecule has 0 bridgehead atoms. The zero-order valence-corrected chi connectivity index (χ0v) is 19.9. The highest BCUT2D eigenvalue weighted by Gasteiger charge is 2.34. The van der Waals surface area contributed by atoms with Crippen molar-refractivity contribution >= 4 is 28.7 Å². The highest BCUT2D eigenvalue weighted by molar-refractivity contribution is 7.99. The van der Waals surface area contributed by atoms with Crippen LogP contribution in [0.3, 0.4) is 0 Å². The number of hydrogen-bond acceptors (Lipinski definition) is 5. The summed E-state index contributed by atoms with van der Waals surface area (Å²) in [5.74, 6) is 0.850.